The summed E-state index contributed by atoms with van der Waals surface area (Å²) < 4.78 is 34.8. The molecule has 1 N–H and O–H groups in total. The quantitative estimate of drug-likeness (QED) is 0.458. The van der Waals surface area contributed by atoms with Gasteiger partial charge in [0.25, 0.3) is 0 Å². The number of carbonyl (C=O) groups is 1. The van der Waals surface area contributed by atoms with E-state index < -0.39 is 12.7 Å². The van der Waals surface area contributed by atoms with Gasteiger partial charge in [0.05, 0.1) is 12.1 Å². The van der Waals surface area contributed by atoms with Gasteiger partial charge in [-0.05, 0) is 43.2 Å². The molecular formula is C22H24F2N6O3S. The molecule has 9 nitrogen and oxygen atoms in total. The van der Waals surface area contributed by atoms with Crippen LogP contribution >= 0.6 is 11.3 Å². The van der Waals surface area contributed by atoms with Crippen molar-refractivity contribution >= 4 is 28.1 Å². The molecule has 1 saturated heterocycles. The Morgan fingerprint density at radius 1 is 1.24 bits per heavy atom. The summed E-state index contributed by atoms with van der Waals surface area (Å²) in [6.45, 7) is 0.560. The third-order valence-electron chi connectivity index (χ3n) is 5.33. The van der Waals surface area contributed by atoms with Crippen molar-refractivity contribution < 1.29 is 23.0 Å². The van der Waals surface area contributed by atoms with Crippen molar-refractivity contribution in [1.29, 1.82) is 0 Å². The molecule has 3 aromatic rings. The molecule has 3 heterocycles. The van der Waals surface area contributed by atoms with Crippen LogP contribution in [0.1, 0.15) is 28.8 Å². The number of aryl methyl sites for hydroxylation is 1. The number of nitrogens with zero attached hydrogens (tertiary/aromatic N) is 5. The summed E-state index contributed by atoms with van der Waals surface area (Å²) >= 11 is 1.30. The zero-order valence-corrected chi connectivity index (χ0v) is 19.5. The highest BCUT2D eigenvalue weighted by Gasteiger charge is 2.26. The monoisotopic (exact) mass is 490 g/mol. The molecule has 0 unspecified atom stereocenters. The van der Waals surface area contributed by atoms with E-state index in [4.69, 9.17) is 4.74 Å². The SMILES string of the molecule is CO[C@H](C(=O)Cc1nnc(N[C@@H]2CCN(c3ccc(C)nn3)C2)s1)c1cccc(OC(F)F)c1. The number of methoxy groups -OCH3 is 1. The number of ether oxygens (including phenoxy) is 2. The number of alkyl halides is 2. The first-order chi connectivity index (χ1) is 16.4. The standard InChI is InChI=1S/C22H24F2N6O3S/c1-13-6-7-18(27-26-13)30-9-8-15(12-30)25-22-29-28-19(34-22)11-17(31)20(32-2)14-4-3-5-16(10-14)33-21(23)24/h3-7,10,15,20-21H,8-9,11-12H2,1-2H3,(H,25,29)/t15-,20+/m1/s1. The normalized spacial score (nSPS) is 16.6. The Bertz CT molecular complexity index is 1110. The van der Waals surface area contributed by atoms with E-state index in [1.54, 1.807) is 6.07 Å². The van der Waals surface area contributed by atoms with Crippen LogP contribution in [0.25, 0.3) is 0 Å². The molecule has 0 spiro atoms. The van der Waals surface area contributed by atoms with Crippen LogP contribution in [0, 0.1) is 6.92 Å². The third-order valence-corrected chi connectivity index (χ3v) is 6.18. The number of halogens is 2. The molecular weight excluding hydrogens is 466 g/mol. The second-order valence-corrected chi connectivity index (χ2v) is 8.88. The van der Waals surface area contributed by atoms with Gasteiger partial charge in [0.15, 0.2) is 11.6 Å². The van der Waals surface area contributed by atoms with E-state index in [0.717, 1.165) is 31.0 Å². The smallest absolute Gasteiger partial charge is 0.387 e. The predicted octanol–water partition coefficient (Wildman–Crippen LogP) is 3.43. The average molecular weight is 491 g/mol. The van der Waals surface area contributed by atoms with E-state index in [9.17, 15) is 13.6 Å². The van der Waals surface area contributed by atoms with E-state index >= 15 is 0 Å². The number of ketones is 1. The Balaban J connectivity index is 1.34. The van der Waals surface area contributed by atoms with Crippen molar-refractivity contribution in [3.63, 3.8) is 0 Å². The van der Waals surface area contributed by atoms with Gasteiger partial charge in [0, 0.05) is 26.2 Å². The Kier molecular flexibility index (Phi) is 7.58. The fourth-order valence-electron chi connectivity index (χ4n) is 3.75. The maximum atomic E-state index is 12.8. The molecule has 0 amide bonds. The lowest BCUT2D eigenvalue weighted by Crippen LogP contribution is -2.26. The maximum Gasteiger partial charge on any atom is 0.387 e. The zero-order valence-electron chi connectivity index (χ0n) is 18.6. The molecule has 1 aromatic carbocycles. The molecule has 1 aliphatic rings. The molecule has 2 atom stereocenters. The highest BCUT2D eigenvalue weighted by atomic mass is 32.1. The van der Waals surface area contributed by atoms with E-state index in [1.165, 1.54) is 36.6 Å². The van der Waals surface area contributed by atoms with Crippen molar-refractivity contribution in [3.05, 3.63) is 52.7 Å². The van der Waals surface area contributed by atoms with Crippen LogP contribution in [0.2, 0.25) is 0 Å². The average Bonchev–Trinajstić information content (AvgIpc) is 3.44. The number of anilines is 2. The van der Waals surface area contributed by atoms with Gasteiger partial charge in [0.2, 0.25) is 5.13 Å². The molecule has 0 bridgehead atoms. The molecule has 0 radical (unpaired) electrons. The second-order valence-electron chi connectivity index (χ2n) is 7.82. The van der Waals surface area contributed by atoms with Gasteiger partial charge in [-0.25, -0.2) is 0 Å². The van der Waals surface area contributed by atoms with Crippen molar-refractivity contribution in [2.24, 2.45) is 0 Å². The molecule has 180 valence electrons. The molecule has 4 rings (SSSR count). The van der Waals surface area contributed by atoms with E-state index in [-0.39, 0.29) is 24.0 Å². The fourth-order valence-corrected chi connectivity index (χ4v) is 4.58. The molecule has 2 aromatic heterocycles. The first-order valence-electron chi connectivity index (χ1n) is 10.7. The lowest BCUT2D eigenvalue weighted by molar-refractivity contribution is -0.128. The van der Waals surface area contributed by atoms with Gasteiger partial charge in [0.1, 0.15) is 16.9 Å². The minimum absolute atomic E-state index is 0.00747. The summed E-state index contributed by atoms with van der Waals surface area (Å²) in [5, 5.41) is 21.2. The van der Waals surface area contributed by atoms with Crippen molar-refractivity contribution in [2.45, 2.75) is 38.5 Å². The summed E-state index contributed by atoms with van der Waals surface area (Å²) in [7, 11) is 1.39. The summed E-state index contributed by atoms with van der Waals surface area (Å²) in [6, 6.07) is 9.99. The van der Waals surface area contributed by atoms with Gasteiger partial charge in [-0.1, -0.05) is 23.5 Å². The maximum absolute atomic E-state index is 12.8. The summed E-state index contributed by atoms with van der Waals surface area (Å²) in [4.78, 5) is 15.0. The third kappa shape index (κ3) is 6.00. The molecule has 34 heavy (non-hydrogen) atoms. The Morgan fingerprint density at radius 2 is 2.09 bits per heavy atom. The van der Waals surface area contributed by atoms with Gasteiger partial charge in [-0.3, -0.25) is 4.79 Å². The second kappa shape index (κ2) is 10.8. The van der Waals surface area contributed by atoms with Gasteiger partial charge in [-0.15, -0.1) is 15.3 Å². The summed E-state index contributed by atoms with van der Waals surface area (Å²) in [5.41, 5.74) is 1.30. The number of Topliss-reactive ketones (excluding diaryl/α,β-unsaturated/α-hetero) is 1. The fraction of sp³-hybridized carbons (Fsp3) is 0.409. The number of rotatable bonds is 10. The highest BCUT2D eigenvalue weighted by Crippen LogP contribution is 2.27. The van der Waals surface area contributed by atoms with Gasteiger partial charge >= 0.3 is 6.61 Å². The number of hydrogen-bond donors (Lipinski definition) is 1. The Labute approximate surface area is 199 Å². The molecule has 1 fully saturated rings. The Morgan fingerprint density at radius 3 is 2.82 bits per heavy atom. The molecule has 0 aliphatic carbocycles. The number of hydrogen-bond acceptors (Lipinski definition) is 10. The molecule has 12 heteroatoms. The molecule has 1 aliphatic heterocycles. The number of carbonyl (C=O) groups excluding carboxylic acids is 1. The van der Waals surface area contributed by atoms with Crippen LogP contribution < -0.4 is 15.0 Å². The van der Waals surface area contributed by atoms with Crippen LogP contribution in [0.4, 0.5) is 19.7 Å². The summed E-state index contributed by atoms with van der Waals surface area (Å²) in [6.07, 6.45) is -0.0137. The number of nitrogens with one attached hydrogen (secondary N) is 1. The van der Waals surface area contributed by atoms with Gasteiger partial charge in [-0.2, -0.15) is 13.9 Å². The lowest BCUT2D eigenvalue weighted by atomic mass is 10.0. The number of benzene rings is 1. The minimum Gasteiger partial charge on any atom is -0.435 e. The van der Waals surface area contributed by atoms with Crippen LogP contribution in [0.3, 0.4) is 0 Å². The van der Waals surface area contributed by atoms with Crippen molar-refractivity contribution in [2.75, 3.05) is 30.4 Å². The minimum atomic E-state index is -2.95. The van der Waals surface area contributed by atoms with Crippen LogP contribution in [0.5, 0.6) is 5.75 Å². The predicted molar refractivity (Wildman–Crippen MR) is 122 cm³/mol. The van der Waals surface area contributed by atoms with E-state index in [2.05, 4.69) is 35.3 Å². The largest absolute Gasteiger partial charge is 0.435 e. The summed E-state index contributed by atoms with van der Waals surface area (Å²) in [5.74, 6) is 0.545. The lowest BCUT2D eigenvalue weighted by Gasteiger charge is -2.17. The van der Waals surface area contributed by atoms with Crippen LogP contribution in [-0.4, -0.2) is 59.0 Å². The van der Waals surface area contributed by atoms with Crippen LogP contribution in [0.15, 0.2) is 36.4 Å². The molecule has 0 saturated carbocycles. The van der Waals surface area contributed by atoms with Crippen LogP contribution in [-0.2, 0) is 16.0 Å². The van der Waals surface area contributed by atoms with E-state index in [1.807, 2.05) is 19.1 Å². The van der Waals surface area contributed by atoms with Crippen molar-refractivity contribution in [3.8, 4) is 5.75 Å². The highest BCUT2D eigenvalue weighted by molar-refractivity contribution is 7.15. The van der Waals surface area contributed by atoms with E-state index in [0.29, 0.717) is 15.7 Å². The van der Waals surface area contributed by atoms with Gasteiger partial charge < -0.3 is 19.7 Å². The zero-order chi connectivity index (χ0) is 24.1. The Hall–Kier alpha value is -3.25. The van der Waals surface area contributed by atoms with Crippen molar-refractivity contribution in [1.82, 2.24) is 20.4 Å². The first-order valence-corrected chi connectivity index (χ1v) is 11.5. The first kappa shape index (κ1) is 23.9. The number of aromatic nitrogens is 4. The topological polar surface area (TPSA) is 102 Å².